The highest BCUT2D eigenvalue weighted by Crippen LogP contribution is 2.44. The van der Waals surface area contributed by atoms with Gasteiger partial charge in [0.2, 0.25) is 0 Å². The summed E-state index contributed by atoms with van der Waals surface area (Å²) in [6, 6.07) is 0. The molecule has 62 valence electrons. The highest BCUT2D eigenvalue weighted by Gasteiger charge is 2.55. The summed E-state index contributed by atoms with van der Waals surface area (Å²) >= 11 is 0. The van der Waals surface area contributed by atoms with E-state index in [0.29, 0.717) is 12.5 Å². The Kier molecular flexibility index (Phi) is 1.55. The van der Waals surface area contributed by atoms with Crippen LogP contribution in [-0.4, -0.2) is 22.9 Å². The zero-order valence-corrected chi connectivity index (χ0v) is 6.62. The normalized spacial score (nSPS) is 48.1. The first kappa shape index (κ1) is 7.32. The van der Waals surface area contributed by atoms with Gasteiger partial charge in [0.05, 0.1) is 11.7 Å². The lowest BCUT2D eigenvalue weighted by Crippen LogP contribution is -2.38. The van der Waals surface area contributed by atoms with Crippen molar-refractivity contribution in [3.05, 3.63) is 12.7 Å². The van der Waals surface area contributed by atoms with Crippen molar-refractivity contribution in [1.29, 1.82) is 0 Å². The summed E-state index contributed by atoms with van der Waals surface area (Å²) in [4.78, 5) is 0. The zero-order chi connectivity index (χ0) is 7.90. The van der Waals surface area contributed by atoms with E-state index in [1.807, 2.05) is 0 Å². The average Bonchev–Trinajstić information content (AvgIpc) is 2.68. The Morgan fingerprint density at radius 3 is 3.27 bits per heavy atom. The molecule has 0 bridgehead atoms. The first-order valence-electron chi connectivity index (χ1n) is 4.25. The van der Waals surface area contributed by atoms with Crippen LogP contribution < -0.4 is 0 Å². The third-order valence-corrected chi connectivity index (χ3v) is 2.71. The lowest BCUT2D eigenvalue weighted by molar-refractivity contribution is 0.00214. The molecule has 0 radical (unpaired) electrons. The van der Waals surface area contributed by atoms with Crippen molar-refractivity contribution in [3.63, 3.8) is 0 Å². The Labute approximate surface area is 66.9 Å². The summed E-state index contributed by atoms with van der Waals surface area (Å²) < 4.78 is 5.35. The van der Waals surface area contributed by atoms with Crippen molar-refractivity contribution < 1.29 is 9.84 Å². The van der Waals surface area contributed by atoms with E-state index in [9.17, 15) is 5.11 Å². The number of hydrogen-bond donors (Lipinski definition) is 1. The van der Waals surface area contributed by atoms with Gasteiger partial charge in [-0.05, 0) is 25.7 Å². The van der Waals surface area contributed by atoms with Crippen LogP contribution in [0, 0.1) is 0 Å². The first-order chi connectivity index (χ1) is 5.26. The van der Waals surface area contributed by atoms with Gasteiger partial charge < -0.3 is 9.84 Å². The summed E-state index contributed by atoms with van der Waals surface area (Å²) in [6.45, 7) is 3.64. The number of rotatable bonds is 2. The van der Waals surface area contributed by atoms with Gasteiger partial charge in [0, 0.05) is 0 Å². The lowest BCUT2D eigenvalue weighted by atomic mass is 9.82. The molecule has 2 nitrogen and oxygen atoms in total. The van der Waals surface area contributed by atoms with Gasteiger partial charge in [-0.15, -0.1) is 6.58 Å². The van der Waals surface area contributed by atoms with Gasteiger partial charge in [-0.2, -0.15) is 0 Å². The largest absolute Gasteiger partial charge is 0.387 e. The van der Waals surface area contributed by atoms with Gasteiger partial charge in [0.15, 0.2) is 0 Å². The third-order valence-electron chi connectivity index (χ3n) is 2.71. The van der Waals surface area contributed by atoms with E-state index in [1.165, 1.54) is 0 Å². The van der Waals surface area contributed by atoms with E-state index in [1.54, 1.807) is 6.08 Å². The van der Waals surface area contributed by atoms with Crippen LogP contribution in [0.2, 0.25) is 0 Å². The lowest BCUT2D eigenvalue weighted by Gasteiger charge is -2.27. The molecule has 1 heterocycles. The number of epoxide rings is 1. The highest BCUT2D eigenvalue weighted by molar-refractivity contribution is 5.07. The molecular formula is C9H14O2. The molecule has 0 aromatic rings. The molecule has 0 amide bonds. The number of aliphatic hydroxyl groups is 1. The molecule has 1 aliphatic carbocycles. The summed E-state index contributed by atoms with van der Waals surface area (Å²) in [6.07, 6.45) is 6.02. The van der Waals surface area contributed by atoms with Crippen LogP contribution >= 0.6 is 0 Å². The molecule has 0 spiro atoms. The van der Waals surface area contributed by atoms with Gasteiger partial charge in [-0.1, -0.05) is 6.08 Å². The number of fused-ring (bicyclic) bond motifs is 1. The molecule has 2 fully saturated rings. The maximum absolute atomic E-state index is 9.99. The maximum Gasteiger partial charge on any atom is 0.113 e. The van der Waals surface area contributed by atoms with E-state index in [4.69, 9.17) is 4.74 Å². The van der Waals surface area contributed by atoms with Gasteiger partial charge in [0.1, 0.15) is 6.10 Å². The van der Waals surface area contributed by atoms with E-state index in [0.717, 1.165) is 19.3 Å². The monoisotopic (exact) mass is 154 g/mol. The Morgan fingerprint density at radius 2 is 2.55 bits per heavy atom. The molecule has 2 rings (SSSR count). The van der Waals surface area contributed by atoms with Gasteiger partial charge in [-0.25, -0.2) is 0 Å². The second-order valence-corrected chi connectivity index (χ2v) is 3.58. The minimum atomic E-state index is -0.579. The second-order valence-electron chi connectivity index (χ2n) is 3.58. The summed E-state index contributed by atoms with van der Waals surface area (Å²) in [7, 11) is 0. The topological polar surface area (TPSA) is 32.8 Å². The minimum absolute atomic E-state index is 0.120. The van der Waals surface area contributed by atoms with Crippen molar-refractivity contribution >= 4 is 0 Å². The van der Waals surface area contributed by atoms with E-state index in [2.05, 4.69) is 6.58 Å². The Hall–Kier alpha value is -0.340. The average molecular weight is 154 g/mol. The summed E-state index contributed by atoms with van der Waals surface area (Å²) in [5.41, 5.74) is -0.579. The van der Waals surface area contributed by atoms with Crippen LogP contribution in [0.5, 0.6) is 0 Å². The fourth-order valence-corrected chi connectivity index (χ4v) is 2.05. The number of ether oxygens (including phenoxy) is 1. The second kappa shape index (κ2) is 2.32. The molecule has 1 saturated carbocycles. The molecule has 0 unspecified atom stereocenters. The van der Waals surface area contributed by atoms with Gasteiger partial charge in [-0.3, -0.25) is 0 Å². The summed E-state index contributed by atoms with van der Waals surface area (Å²) in [5, 5.41) is 9.99. The van der Waals surface area contributed by atoms with Crippen molar-refractivity contribution in [2.45, 2.75) is 43.5 Å². The maximum atomic E-state index is 9.99. The van der Waals surface area contributed by atoms with Crippen molar-refractivity contribution in [2.24, 2.45) is 0 Å². The first-order valence-corrected chi connectivity index (χ1v) is 4.25. The SMILES string of the molecule is C=CC[C@@]1(O)CCC[C@H]2O[C@H]21. The third kappa shape index (κ3) is 1.10. The highest BCUT2D eigenvalue weighted by atomic mass is 16.6. The van der Waals surface area contributed by atoms with E-state index < -0.39 is 5.60 Å². The molecule has 3 atom stereocenters. The van der Waals surface area contributed by atoms with Crippen molar-refractivity contribution in [2.75, 3.05) is 0 Å². The quantitative estimate of drug-likeness (QED) is 0.479. The van der Waals surface area contributed by atoms with Crippen LogP contribution in [0.1, 0.15) is 25.7 Å². The molecule has 11 heavy (non-hydrogen) atoms. The van der Waals surface area contributed by atoms with Crippen LogP contribution in [-0.2, 0) is 4.74 Å². The number of hydrogen-bond acceptors (Lipinski definition) is 2. The van der Waals surface area contributed by atoms with Crippen molar-refractivity contribution in [1.82, 2.24) is 0 Å². The molecule has 2 heteroatoms. The fraction of sp³-hybridized carbons (Fsp3) is 0.778. The molecule has 0 aromatic heterocycles. The van der Waals surface area contributed by atoms with E-state index in [-0.39, 0.29) is 6.10 Å². The van der Waals surface area contributed by atoms with Crippen LogP contribution in [0.3, 0.4) is 0 Å². The van der Waals surface area contributed by atoms with Crippen LogP contribution in [0.15, 0.2) is 12.7 Å². The van der Waals surface area contributed by atoms with E-state index >= 15 is 0 Å². The standard InChI is InChI=1S/C9H14O2/c1-2-5-9(10)6-3-4-7-8(9)11-7/h2,7-8,10H,1,3-6H2/t7-,8-,9-/m1/s1. The molecule has 1 N–H and O–H groups in total. The Bertz CT molecular complexity index is 178. The Morgan fingerprint density at radius 1 is 1.73 bits per heavy atom. The van der Waals surface area contributed by atoms with Crippen LogP contribution in [0.25, 0.3) is 0 Å². The molecule has 2 aliphatic rings. The predicted octanol–water partition coefficient (Wildman–Crippen LogP) is 1.24. The van der Waals surface area contributed by atoms with Gasteiger partial charge >= 0.3 is 0 Å². The van der Waals surface area contributed by atoms with Gasteiger partial charge in [0.25, 0.3) is 0 Å². The minimum Gasteiger partial charge on any atom is -0.387 e. The smallest absolute Gasteiger partial charge is 0.113 e. The predicted molar refractivity (Wildman–Crippen MR) is 42.3 cm³/mol. The molecule has 0 aromatic carbocycles. The molecule has 1 saturated heterocycles. The van der Waals surface area contributed by atoms with Crippen molar-refractivity contribution in [3.8, 4) is 0 Å². The summed E-state index contributed by atoms with van der Waals surface area (Å²) in [5.74, 6) is 0. The fourth-order valence-electron chi connectivity index (χ4n) is 2.05. The Balaban J connectivity index is 2.04. The molecular weight excluding hydrogens is 140 g/mol. The zero-order valence-electron chi connectivity index (χ0n) is 6.62. The molecule has 1 aliphatic heterocycles. The van der Waals surface area contributed by atoms with Crippen LogP contribution in [0.4, 0.5) is 0 Å².